The van der Waals surface area contributed by atoms with Crippen molar-refractivity contribution >= 4 is 113 Å². The number of benzene rings is 13. The first-order valence-corrected chi connectivity index (χ1v) is 29.9. The largest absolute Gasteiger partial charge is 0.458 e. The van der Waals surface area contributed by atoms with E-state index in [2.05, 4.69) is 282 Å². The van der Waals surface area contributed by atoms with Crippen molar-refractivity contribution in [2.75, 3.05) is 0 Å². The first kappa shape index (κ1) is 48.3. The molecular weight excluding hydrogens is 1060 g/mol. The minimum Gasteiger partial charge on any atom is -0.458 e. The van der Waals surface area contributed by atoms with Gasteiger partial charge in [-0.25, -0.2) is 0 Å². The quantitative estimate of drug-likeness (QED) is 0.156. The van der Waals surface area contributed by atoms with Gasteiger partial charge < -0.3 is 28.1 Å². The summed E-state index contributed by atoms with van der Waals surface area (Å²) >= 11 is 0. The molecule has 4 aliphatic rings. The highest BCUT2D eigenvalue weighted by Crippen LogP contribution is 2.44. The average Bonchev–Trinajstić information content (AvgIpc) is 1.69. The molecule has 2 aromatic heterocycles. The lowest BCUT2D eigenvalue weighted by Gasteiger charge is -2.36. The number of aromatic nitrogens is 2. The van der Waals surface area contributed by atoms with Gasteiger partial charge in [0, 0.05) is 43.8 Å². The van der Waals surface area contributed by atoms with E-state index in [-0.39, 0.29) is 20.1 Å². The molecule has 4 aliphatic heterocycles. The van der Waals surface area contributed by atoms with Gasteiger partial charge in [-0.05, 0) is 116 Å². The van der Waals surface area contributed by atoms with E-state index in [0.29, 0.717) is 0 Å². The number of ether oxygens (including phenoxy) is 4. The zero-order chi connectivity index (χ0) is 56.8. The van der Waals surface area contributed by atoms with Crippen LogP contribution in [0.5, 0.6) is 46.0 Å². The van der Waals surface area contributed by atoms with E-state index < -0.39 is 0 Å². The monoisotopic (exact) mass is 1110 g/mol. The normalized spacial score (nSPS) is 13.1. The molecular formula is C78H47B3N2O4. The zero-order valence-electron chi connectivity index (χ0n) is 46.9. The Labute approximate surface area is 502 Å². The first-order valence-electron chi connectivity index (χ1n) is 29.9. The number of rotatable bonds is 6. The van der Waals surface area contributed by atoms with Gasteiger partial charge in [-0.1, -0.05) is 224 Å². The Morgan fingerprint density at radius 1 is 0.253 bits per heavy atom. The van der Waals surface area contributed by atoms with Crippen LogP contribution >= 0.6 is 0 Å². The molecule has 0 bridgehead atoms. The number of fused-ring (bicyclic) bond motifs is 14. The second-order valence-electron chi connectivity index (χ2n) is 23.2. The summed E-state index contributed by atoms with van der Waals surface area (Å²) in [6.45, 7) is -0.588. The van der Waals surface area contributed by atoms with Gasteiger partial charge in [0.25, 0.3) is 20.1 Å². The molecule has 0 amide bonds. The highest BCUT2D eigenvalue weighted by atomic mass is 16.5. The van der Waals surface area contributed by atoms with Crippen LogP contribution in [0.2, 0.25) is 0 Å². The Bertz CT molecular complexity index is 5320. The van der Waals surface area contributed by atoms with E-state index in [9.17, 15) is 0 Å². The van der Waals surface area contributed by atoms with Crippen LogP contribution in [0.4, 0.5) is 0 Å². The van der Waals surface area contributed by atoms with Gasteiger partial charge in [0.2, 0.25) is 0 Å². The van der Waals surface area contributed by atoms with Crippen LogP contribution in [0, 0.1) is 0 Å². The number of hydrogen-bond donors (Lipinski definition) is 0. The fourth-order valence-electron chi connectivity index (χ4n) is 15.2. The molecule has 402 valence electrons. The van der Waals surface area contributed by atoms with Crippen molar-refractivity contribution in [2.24, 2.45) is 0 Å². The lowest BCUT2D eigenvalue weighted by atomic mass is 9.32. The fraction of sp³-hybridized carbons (Fsp3) is 0. The first-order chi connectivity index (χ1) is 43.2. The van der Waals surface area contributed by atoms with Gasteiger partial charge >= 0.3 is 0 Å². The second kappa shape index (κ2) is 18.7. The van der Waals surface area contributed by atoms with Crippen LogP contribution in [0.15, 0.2) is 285 Å². The van der Waals surface area contributed by atoms with Crippen molar-refractivity contribution in [1.29, 1.82) is 0 Å². The second-order valence-corrected chi connectivity index (χ2v) is 23.2. The Hall–Kier alpha value is -11.1. The summed E-state index contributed by atoms with van der Waals surface area (Å²) in [5, 5.41) is 4.86. The van der Waals surface area contributed by atoms with E-state index in [4.69, 9.17) is 18.9 Å². The molecule has 19 rings (SSSR count). The lowest BCUT2D eigenvalue weighted by Crippen LogP contribution is -2.60. The van der Waals surface area contributed by atoms with E-state index >= 15 is 0 Å². The maximum Gasteiger partial charge on any atom is 0.260 e. The number of hydrogen-bond acceptors (Lipinski definition) is 4. The van der Waals surface area contributed by atoms with Crippen molar-refractivity contribution < 1.29 is 18.9 Å². The lowest BCUT2D eigenvalue weighted by molar-refractivity contribution is 0.466. The highest BCUT2D eigenvalue weighted by molar-refractivity contribution is 7.00. The van der Waals surface area contributed by atoms with Gasteiger partial charge in [0.1, 0.15) is 46.0 Å². The van der Waals surface area contributed by atoms with Crippen LogP contribution in [-0.4, -0.2) is 29.3 Å². The molecule has 6 nitrogen and oxygen atoms in total. The highest BCUT2D eigenvalue weighted by Gasteiger charge is 2.45. The van der Waals surface area contributed by atoms with E-state index in [1.807, 2.05) is 12.1 Å². The zero-order valence-corrected chi connectivity index (χ0v) is 46.9. The molecule has 0 N–H and O–H groups in total. The summed E-state index contributed by atoms with van der Waals surface area (Å²) < 4.78 is 33.5. The predicted octanol–water partition coefficient (Wildman–Crippen LogP) is 13.2. The maximum absolute atomic E-state index is 7.32. The van der Waals surface area contributed by atoms with Crippen LogP contribution in [0.1, 0.15) is 0 Å². The van der Waals surface area contributed by atoms with Crippen molar-refractivity contribution in [3.63, 3.8) is 0 Å². The molecule has 15 aromatic rings. The Kier molecular flexibility index (Phi) is 10.4. The molecule has 0 saturated heterocycles. The summed E-state index contributed by atoms with van der Waals surface area (Å²) in [4.78, 5) is 0. The van der Waals surface area contributed by atoms with E-state index in [1.54, 1.807) is 0 Å². The molecule has 0 radical (unpaired) electrons. The van der Waals surface area contributed by atoms with Crippen LogP contribution < -0.4 is 68.1 Å². The summed E-state index contributed by atoms with van der Waals surface area (Å²) in [5.74, 6) is 6.57. The topological polar surface area (TPSA) is 46.8 Å². The minimum atomic E-state index is -0.214. The summed E-state index contributed by atoms with van der Waals surface area (Å²) in [6.07, 6.45) is 0. The molecule has 87 heavy (non-hydrogen) atoms. The molecule has 0 saturated carbocycles. The Morgan fingerprint density at radius 3 is 1.38 bits per heavy atom. The third kappa shape index (κ3) is 7.02. The number of para-hydroxylation sites is 10. The third-order valence-electron chi connectivity index (χ3n) is 18.7. The van der Waals surface area contributed by atoms with Gasteiger partial charge in [-0.15, -0.1) is 0 Å². The van der Waals surface area contributed by atoms with Gasteiger partial charge in [0.05, 0.1) is 27.8 Å². The van der Waals surface area contributed by atoms with E-state index in [0.717, 1.165) is 134 Å². The standard InChI is InChI=1S/C78H47B3N2O4/c1-2-22-48(23-3-1)74-62(80-56-30-8-16-40-68(56)84-69-41-17-9-31-57(69)80)47-73-75-78(74)87-71-43-19-11-33-59(71)81(75)61-46-49(44-45-72(61)85-73)50-27-20-34-60-77(50)86-70-42-18-10-32-58(70)79(60)55-29-7-15-38-66(55)83-65-37-14-6-26-53(65)54-28-21-39-67(76(54)83)82-63-35-12-4-24-51(63)52-25-5-13-36-64(52)82/h1-47H. The smallest absolute Gasteiger partial charge is 0.260 e. The molecule has 0 aliphatic carbocycles. The van der Waals surface area contributed by atoms with Crippen LogP contribution in [0.3, 0.4) is 0 Å². The van der Waals surface area contributed by atoms with Crippen molar-refractivity contribution in [3.05, 3.63) is 285 Å². The molecule has 13 aromatic carbocycles. The van der Waals surface area contributed by atoms with Gasteiger partial charge in [-0.2, -0.15) is 0 Å². The molecule has 0 atom stereocenters. The SMILES string of the molecule is c1ccc(-c2c(B3c4ccccc4Oc4ccccc43)cc3c4c2Oc2ccccc2B4c2cc(-c4cccc5c4Oc4ccccc4B5c4ccccc4-n4c5ccccc5c5cccc(-n6c7ccccc7c7ccccc76)c54)ccc2O3)cc1. The molecule has 0 fully saturated rings. The van der Waals surface area contributed by atoms with Crippen molar-refractivity contribution in [2.45, 2.75) is 0 Å². The fourth-order valence-corrected chi connectivity index (χ4v) is 15.2. The van der Waals surface area contributed by atoms with Crippen LogP contribution in [0.25, 0.3) is 77.2 Å². The summed E-state index contributed by atoms with van der Waals surface area (Å²) in [5.41, 5.74) is 20.8. The molecule has 6 heterocycles. The Morgan fingerprint density at radius 2 is 0.713 bits per heavy atom. The average molecular weight is 1110 g/mol. The van der Waals surface area contributed by atoms with Crippen molar-refractivity contribution in [3.8, 4) is 79.6 Å². The minimum absolute atomic E-state index is 0.176. The summed E-state index contributed by atoms with van der Waals surface area (Å²) in [7, 11) is 0. The maximum atomic E-state index is 7.32. The number of nitrogens with zero attached hydrogens (tertiary/aromatic N) is 2. The molecule has 0 unspecified atom stereocenters. The van der Waals surface area contributed by atoms with Gasteiger partial charge in [0.15, 0.2) is 0 Å². The Balaban J connectivity index is 0.797. The van der Waals surface area contributed by atoms with Crippen LogP contribution in [-0.2, 0) is 0 Å². The summed E-state index contributed by atoms with van der Waals surface area (Å²) in [6, 6.07) is 103. The third-order valence-corrected chi connectivity index (χ3v) is 18.7. The van der Waals surface area contributed by atoms with Gasteiger partial charge in [-0.3, -0.25) is 0 Å². The van der Waals surface area contributed by atoms with Crippen molar-refractivity contribution in [1.82, 2.24) is 9.13 Å². The van der Waals surface area contributed by atoms with E-state index in [1.165, 1.54) is 38.0 Å². The predicted molar refractivity (Wildman–Crippen MR) is 359 cm³/mol. The molecule has 0 spiro atoms. The molecule has 9 heteroatoms.